The predicted molar refractivity (Wildman–Crippen MR) is 68.9 cm³/mol. The molecule has 0 aromatic carbocycles. The number of ether oxygens (including phenoxy) is 1. The monoisotopic (exact) mass is 496 g/mol. The van der Waals surface area contributed by atoms with Gasteiger partial charge in [-0.1, -0.05) is 42.4 Å². The fourth-order valence-electron chi connectivity index (χ4n) is 1.46. The van der Waals surface area contributed by atoms with Crippen LogP contribution in [0, 0.1) is 0 Å². The van der Waals surface area contributed by atoms with Crippen molar-refractivity contribution in [3.05, 3.63) is 0 Å². The molecule has 146 valence electrons. The van der Waals surface area contributed by atoms with Crippen molar-refractivity contribution in [1.29, 1.82) is 0 Å². The summed E-state index contributed by atoms with van der Waals surface area (Å²) in [5.74, 6) is -12.4. The van der Waals surface area contributed by atoms with E-state index in [9.17, 15) is 48.3 Å². The van der Waals surface area contributed by atoms with E-state index in [4.69, 9.17) is 0 Å². The van der Waals surface area contributed by atoms with E-state index in [2.05, 4.69) is 4.74 Å². The largest absolute Gasteiger partial charge is 0.462 e. The van der Waals surface area contributed by atoms with Gasteiger partial charge in [-0.2, -0.15) is 43.9 Å². The number of unbranched alkanes of at least 4 members (excludes halogenated alkanes) is 1. The van der Waals surface area contributed by atoms with Gasteiger partial charge in [0.25, 0.3) is 0 Å². The third kappa shape index (κ3) is 5.46. The van der Waals surface area contributed by atoms with Crippen molar-refractivity contribution in [1.82, 2.24) is 0 Å². The van der Waals surface area contributed by atoms with Crippen molar-refractivity contribution in [3.8, 4) is 0 Å². The Balaban J connectivity index is 5.57. The highest BCUT2D eigenvalue weighted by Gasteiger charge is 2.78. The summed E-state index contributed by atoms with van der Waals surface area (Å²) in [6.45, 7) is 1.62. The highest BCUT2D eigenvalue weighted by atomic mass is 127. The zero-order valence-electron chi connectivity index (χ0n) is 11.8. The second kappa shape index (κ2) is 7.66. The van der Waals surface area contributed by atoms with E-state index in [-0.39, 0.29) is 12.8 Å². The van der Waals surface area contributed by atoms with E-state index in [1.165, 1.54) is 22.6 Å². The lowest BCUT2D eigenvalue weighted by molar-refractivity contribution is -0.483. The van der Waals surface area contributed by atoms with Crippen molar-refractivity contribution in [3.63, 3.8) is 0 Å². The van der Waals surface area contributed by atoms with Gasteiger partial charge in [-0.05, 0) is 6.42 Å². The summed E-state index contributed by atoms with van der Waals surface area (Å²) in [5, 5.41) is 0. The molecule has 0 aliphatic rings. The summed E-state index contributed by atoms with van der Waals surface area (Å²) < 4.78 is 140. The summed E-state index contributed by atoms with van der Waals surface area (Å²) in [4.78, 5) is 0. The van der Waals surface area contributed by atoms with Crippen molar-refractivity contribution in [2.45, 2.75) is 66.8 Å². The van der Waals surface area contributed by atoms with E-state index in [0.717, 1.165) is 0 Å². The molecule has 0 radical (unpaired) electrons. The first-order valence-electron chi connectivity index (χ1n) is 6.33. The van der Waals surface area contributed by atoms with Gasteiger partial charge >= 0.3 is 30.2 Å². The average molecular weight is 496 g/mol. The Hall–Kier alpha value is -0.0800. The van der Waals surface area contributed by atoms with Gasteiger partial charge in [0.2, 0.25) is 0 Å². The standard InChI is InChI=1S/C11H12F11IO/c1-2-3-4-6(23)5-7(12,9(15,16)17)24-11(21,22)8(13,14)10(18,19)20/h6H,2-5H2,1H3. The Labute approximate surface area is 143 Å². The lowest BCUT2D eigenvalue weighted by Crippen LogP contribution is -2.59. The molecule has 0 N–H and O–H groups in total. The zero-order valence-corrected chi connectivity index (χ0v) is 14.0. The van der Waals surface area contributed by atoms with Gasteiger partial charge in [-0.15, -0.1) is 0 Å². The van der Waals surface area contributed by atoms with Gasteiger partial charge in [0.05, 0.1) is 0 Å². The molecule has 0 saturated carbocycles. The van der Waals surface area contributed by atoms with Crippen LogP contribution >= 0.6 is 22.6 Å². The fraction of sp³-hybridized carbons (Fsp3) is 1.00. The van der Waals surface area contributed by atoms with Crippen LogP contribution in [0.2, 0.25) is 0 Å². The molecular weight excluding hydrogens is 484 g/mol. The Bertz CT molecular complexity index is 406. The van der Waals surface area contributed by atoms with Gasteiger partial charge in [0.15, 0.2) is 0 Å². The van der Waals surface area contributed by atoms with Gasteiger partial charge < -0.3 is 0 Å². The molecule has 0 saturated heterocycles. The third-order valence-electron chi connectivity index (χ3n) is 2.79. The molecule has 0 fully saturated rings. The molecule has 0 amide bonds. The molecule has 0 bridgehead atoms. The van der Waals surface area contributed by atoms with Gasteiger partial charge in [-0.25, -0.2) is 4.39 Å². The highest BCUT2D eigenvalue weighted by molar-refractivity contribution is 14.1. The van der Waals surface area contributed by atoms with Crippen LogP contribution in [0.1, 0.15) is 32.6 Å². The topological polar surface area (TPSA) is 9.23 Å². The minimum atomic E-state index is -7.01. The van der Waals surface area contributed by atoms with Gasteiger partial charge in [0, 0.05) is 10.3 Å². The molecule has 0 aromatic rings. The molecule has 0 aromatic heterocycles. The lowest BCUT2D eigenvalue weighted by atomic mass is 10.1. The van der Waals surface area contributed by atoms with Crippen LogP contribution in [0.3, 0.4) is 0 Å². The normalized spacial score (nSPS) is 18.4. The molecule has 2 unspecified atom stereocenters. The first-order chi connectivity index (χ1) is 10.4. The molecule has 13 heteroatoms. The summed E-state index contributed by atoms with van der Waals surface area (Å²) >= 11 is 1.24. The first kappa shape index (κ1) is 23.9. The molecule has 24 heavy (non-hydrogen) atoms. The molecule has 0 aliphatic carbocycles. The average Bonchev–Trinajstić information content (AvgIpc) is 2.32. The van der Waals surface area contributed by atoms with Crippen LogP contribution in [0.4, 0.5) is 48.3 Å². The molecule has 0 rings (SSSR count). The van der Waals surface area contributed by atoms with E-state index in [1.54, 1.807) is 6.92 Å². The van der Waals surface area contributed by atoms with Crippen LogP contribution in [0.5, 0.6) is 0 Å². The van der Waals surface area contributed by atoms with Crippen LogP contribution in [0.25, 0.3) is 0 Å². The smallest absolute Gasteiger partial charge is 0.269 e. The maximum absolute atomic E-state index is 13.9. The van der Waals surface area contributed by atoms with Crippen LogP contribution in [0.15, 0.2) is 0 Å². The summed E-state index contributed by atoms with van der Waals surface area (Å²) in [6.07, 6.45) is -21.2. The van der Waals surface area contributed by atoms with Gasteiger partial charge in [-0.3, -0.25) is 4.74 Å². The first-order valence-corrected chi connectivity index (χ1v) is 7.58. The minimum absolute atomic E-state index is 0.108. The predicted octanol–water partition coefficient (Wildman–Crippen LogP) is 6.41. The van der Waals surface area contributed by atoms with E-state index in [0.29, 0.717) is 6.42 Å². The number of alkyl halides is 12. The minimum Gasteiger partial charge on any atom is -0.269 e. The van der Waals surface area contributed by atoms with Crippen molar-refractivity contribution >= 4 is 22.6 Å². The summed E-state index contributed by atoms with van der Waals surface area (Å²) in [5.41, 5.74) is 0. The second-order valence-corrected chi connectivity index (χ2v) is 6.62. The Morgan fingerprint density at radius 2 is 1.29 bits per heavy atom. The summed E-state index contributed by atoms with van der Waals surface area (Å²) in [7, 11) is 0. The molecule has 0 aliphatic heterocycles. The Morgan fingerprint density at radius 1 is 0.833 bits per heavy atom. The third-order valence-corrected chi connectivity index (χ3v) is 3.85. The fourth-order valence-corrected chi connectivity index (χ4v) is 2.47. The Morgan fingerprint density at radius 3 is 1.62 bits per heavy atom. The maximum Gasteiger partial charge on any atom is 0.462 e. The lowest BCUT2D eigenvalue weighted by Gasteiger charge is -2.35. The van der Waals surface area contributed by atoms with Crippen molar-refractivity contribution in [2.75, 3.05) is 0 Å². The van der Waals surface area contributed by atoms with E-state index < -0.39 is 40.6 Å². The summed E-state index contributed by atoms with van der Waals surface area (Å²) in [6, 6.07) is 0. The SMILES string of the molecule is CCCCC(I)CC(F)(OC(F)(F)C(F)(F)C(F)(F)F)C(F)(F)F. The van der Waals surface area contributed by atoms with Crippen LogP contribution in [-0.4, -0.2) is 34.2 Å². The van der Waals surface area contributed by atoms with E-state index >= 15 is 0 Å². The molecular formula is C11H12F11IO. The molecule has 2 atom stereocenters. The van der Waals surface area contributed by atoms with Crippen molar-refractivity contribution in [2.24, 2.45) is 0 Å². The number of rotatable bonds is 8. The molecule has 1 nitrogen and oxygen atoms in total. The highest BCUT2D eigenvalue weighted by Crippen LogP contribution is 2.52. The molecule has 0 spiro atoms. The number of hydrogen-bond acceptors (Lipinski definition) is 1. The number of halogens is 12. The van der Waals surface area contributed by atoms with Crippen LogP contribution in [-0.2, 0) is 4.74 Å². The quantitative estimate of drug-likeness (QED) is 0.215. The van der Waals surface area contributed by atoms with Gasteiger partial charge in [0.1, 0.15) is 0 Å². The van der Waals surface area contributed by atoms with Crippen molar-refractivity contribution < 1.29 is 53.0 Å². The second-order valence-electron chi connectivity index (χ2n) is 4.86. The Kier molecular flexibility index (Phi) is 7.63. The zero-order chi connectivity index (χ0) is 19.6. The van der Waals surface area contributed by atoms with E-state index in [1.807, 2.05) is 0 Å². The van der Waals surface area contributed by atoms with Crippen LogP contribution < -0.4 is 0 Å². The maximum atomic E-state index is 13.9. The number of hydrogen-bond donors (Lipinski definition) is 0. The molecule has 0 heterocycles.